The third-order valence-corrected chi connectivity index (χ3v) is 2.52. The van der Waals surface area contributed by atoms with Crippen LogP contribution in [0, 0.1) is 12.7 Å². The number of nitrogens with zero attached hydrogens (tertiary/aromatic N) is 3. The highest BCUT2D eigenvalue weighted by atomic mass is 19.1. The Hall–Kier alpha value is -2.44. The summed E-state index contributed by atoms with van der Waals surface area (Å²) in [6.45, 7) is 2.86. The largest absolute Gasteiger partial charge is 0.478 e. The number of carbonyl (C=O) groups is 1. The highest BCUT2D eigenvalue weighted by molar-refractivity contribution is 5.88. The Labute approximate surface area is 108 Å². The quantitative estimate of drug-likeness (QED) is 0.856. The second-order valence-corrected chi connectivity index (χ2v) is 4.03. The Bertz CT molecular complexity index is 597. The molecule has 0 radical (unpaired) electrons. The molecule has 0 bridgehead atoms. The van der Waals surface area contributed by atoms with E-state index < -0.39 is 17.3 Å². The van der Waals surface area contributed by atoms with Gasteiger partial charge in [-0.05, 0) is 18.6 Å². The van der Waals surface area contributed by atoms with Crippen molar-refractivity contribution < 1.29 is 14.3 Å². The number of nitrogens with one attached hydrogen (secondary N) is 1. The zero-order chi connectivity index (χ0) is 13.8. The summed E-state index contributed by atoms with van der Waals surface area (Å²) in [7, 11) is 0. The first kappa shape index (κ1) is 13.0. The summed E-state index contributed by atoms with van der Waals surface area (Å²) in [5.74, 6) is -2.24. The number of rotatable bonds is 5. The number of carboxylic acid groups (broad SMARTS) is 1. The maximum Gasteiger partial charge on any atom is 0.338 e. The zero-order valence-corrected chi connectivity index (χ0v) is 10.3. The lowest BCUT2D eigenvalue weighted by molar-refractivity contribution is 0.0692. The fraction of sp³-hybridized carbons (Fsp3) is 0.250. The molecule has 0 unspecified atom stereocenters. The number of aromatic nitrogens is 3. The molecule has 0 aliphatic carbocycles. The summed E-state index contributed by atoms with van der Waals surface area (Å²) in [5.41, 5.74) is 0.643. The summed E-state index contributed by atoms with van der Waals surface area (Å²) in [6, 6.07) is 1.12. The molecular weight excluding hydrogens is 251 g/mol. The van der Waals surface area contributed by atoms with Crippen molar-refractivity contribution in [2.24, 2.45) is 0 Å². The molecular formula is C12H13FN4O2. The van der Waals surface area contributed by atoms with Gasteiger partial charge in [0, 0.05) is 18.9 Å². The van der Waals surface area contributed by atoms with Gasteiger partial charge in [0.15, 0.2) is 11.6 Å². The third kappa shape index (κ3) is 3.06. The van der Waals surface area contributed by atoms with E-state index in [1.807, 2.05) is 13.1 Å². The minimum atomic E-state index is -1.31. The minimum absolute atomic E-state index is 0.0659. The Morgan fingerprint density at radius 3 is 3.00 bits per heavy atom. The van der Waals surface area contributed by atoms with Gasteiger partial charge in [-0.1, -0.05) is 0 Å². The lowest BCUT2D eigenvalue weighted by atomic mass is 10.2. The van der Waals surface area contributed by atoms with Crippen LogP contribution in [0.15, 0.2) is 24.7 Å². The maximum absolute atomic E-state index is 13.7. The van der Waals surface area contributed by atoms with E-state index in [1.165, 1.54) is 6.20 Å². The Balaban J connectivity index is 2.00. The normalized spacial score (nSPS) is 10.4. The lowest BCUT2D eigenvalue weighted by Crippen LogP contribution is -2.14. The molecule has 0 saturated carbocycles. The second-order valence-electron chi connectivity index (χ2n) is 4.03. The van der Waals surface area contributed by atoms with Crippen LogP contribution in [0.5, 0.6) is 0 Å². The molecule has 0 spiro atoms. The molecule has 2 aromatic rings. The number of aryl methyl sites for hydroxylation is 1. The summed E-state index contributed by atoms with van der Waals surface area (Å²) in [4.78, 5) is 14.5. The van der Waals surface area contributed by atoms with E-state index in [-0.39, 0.29) is 5.82 Å². The number of pyridine rings is 1. The molecule has 0 amide bonds. The molecule has 0 saturated heterocycles. The van der Waals surface area contributed by atoms with E-state index in [4.69, 9.17) is 5.11 Å². The summed E-state index contributed by atoms with van der Waals surface area (Å²) in [6.07, 6.45) is 4.84. The summed E-state index contributed by atoms with van der Waals surface area (Å²) in [5, 5.41) is 15.6. The van der Waals surface area contributed by atoms with Crippen molar-refractivity contribution in [3.8, 4) is 0 Å². The molecule has 0 aliphatic rings. The molecule has 0 fully saturated rings. The van der Waals surface area contributed by atoms with Crippen LogP contribution in [-0.2, 0) is 6.54 Å². The summed E-state index contributed by atoms with van der Waals surface area (Å²) >= 11 is 0. The number of hydrogen-bond donors (Lipinski definition) is 2. The van der Waals surface area contributed by atoms with Crippen molar-refractivity contribution in [3.05, 3.63) is 41.6 Å². The number of hydrogen-bond acceptors (Lipinski definition) is 4. The van der Waals surface area contributed by atoms with Crippen LogP contribution in [0.4, 0.5) is 10.2 Å². The molecule has 2 aromatic heterocycles. The van der Waals surface area contributed by atoms with Crippen LogP contribution >= 0.6 is 0 Å². The van der Waals surface area contributed by atoms with E-state index in [0.29, 0.717) is 13.1 Å². The van der Waals surface area contributed by atoms with Crippen LogP contribution in [0.1, 0.15) is 15.9 Å². The highest BCUT2D eigenvalue weighted by Gasteiger charge is 2.14. The smallest absolute Gasteiger partial charge is 0.338 e. The standard InChI is InChI=1S/C12H13FN4O2/c1-8-6-16-17(7-8)5-4-15-11-10(13)9(12(18)19)2-3-14-11/h2-3,6-7H,4-5H2,1H3,(H,14,15)(H,18,19). The van der Waals surface area contributed by atoms with Crippen LogP contribution < -0.4 is 5.32 Å². The lowest BCUT2D eigenvalue weighted by Gasteiger charge is -2.07. The molecule has 7 heteroatoms. The average molecular weight is 264 g/mol. The first-order valence-electron chi connectivity index (χ1n) is 5.68. The molecule has 6 nitrogen and oxygen atoms in total. The Morgan fingerprint density at radius 2 is 2.37 bits per heavy atom. The molecule has 100 valence electrons. The topological polar surface area (TPSA) is 80.0 Å². The van der Waals surface area contributed by atoms with Gasteiger partial charge in [-0.25, -0.2) is 14.2 Å². The highest BCUT2D eigenvalue weighted by Crippen LogP contribution is 2.14. The molecule has 0 aromatic carbocycles. The van der Waals surface area contributed by atoms with Gasteiger partial charge in [0.05, 0.1) is 12.7 Å². The van der Waals surface area contributed by atoms with Crippen molar-refractivity contribution in [1.29, 1.82) is 0 Å². The van der Waals surface area contributed by atoms with Gasteiger partial charge in [0.1, 0.15) is 5.56 Å². The Kier molecular flexibility index (Phi) is 3.74. The first-order chi connectivity index (χ1) is 9.08. The number of carboxylic acids is 1. The van der Waals surface area contributed by atoms with Gasteiger partial charge >= 0.3 is 5.97 Å². The predicted octanol–water partition coefficient (Wildman–Crippen LogP) is 1.54. The van der Waals surface area contributed by atoms with Crippen LogP contribution in [-0.4, -0.2) is 32.4 Å². The zero-order valence-electron chi connectivity index (χ0n) is 10.3. The third-order valence-electron chi connectivity index (χ3n) is 2.52. The van der Waals surface area contributed by atoms with Gasteiger partial charge in [0.2, 0.25) is 0 Å². The predicted molar refractivity (Wildman–Crippen MR) is 66.6 cm³/mol. The second kappa shape index (κ2) is 5.47. The average Bonchev–Trinajstić information content (AvgIpc) is 2.77. The number of anilines is 1. The van der Waals surface area contributed by atoms with E-state index >= 15 is 0 Å². The van der Waals surface area contributed by atoms with Gasteiger partial charge in [-0.3, -0.25) is 4.68 Å². The van der Waals surface area contributed by atoms with Crippen molar-refractivity contribution in [1.82, 2.24) is 14.8 Å². The monoisotopic (exact) mass is 264 g/mol. The van der Waals surface area contributed by atoms with Crippen molar-refractivity contribution in [3.63, 3.8) is 0 Å². The van der Waals surface area contributed by atoms with Crippen molar-refractivity contribution in [2.75, 3.05) is 11.9 Å². The molecule has 0 atom stereocenters. The van der Waals surface area contributed by atoms with E-state index in [2.05, 4.69) is 15.4 Å². The van der Waals surface area contributed by atoms with Crippen LogP contribution in [0.3, 0.4) is 0 Å². The SMILES string of the molecule is Cc1cnn(CCNc2nccc(C(=O)O)c2F)c1. The molecule has 19 heavy (non-hydrogen) atoms. The first-order valence-corrected chi connectivity index (χ1v) is 5.68. The number of halogens is 1. The Morgan fingerprint density at radius 1 is 1.58 bits per heavy atom. The molecule has 2 heterocycles. The number of aromatic carboxylic acids is 1. The van der Waals surface area contributed by atoms with Crippen molar-refractivity contribution >= 4 is 11.8 Å². The fourth-order valence-corrected chi connectivity index (χ4v) is 1.61. The summed E-state index contributed by atoms with van der Waals surface area (Å²) < 4.78 is 15.4. The molecule has 2 N–H and O–H groups in total. The molecule has 2 rings (SSSR count). The molecule has 0 aliphatic heterocycles. The van der Waals surface area contributed by atoms with Crippen LogP contribution in [0.2, 0.25) is 0 Å². The van der Waals surface area contributed by atoms with Gasteiger partial charge < -0.3 is 10.4 Å². The van der Waals surface area contributed by atoms with Crippen molar-refractivity contribution in [2.45, 2.75) is 13.5 Å². The van der Waals surface area contributed by atoms with E-state index in [1.54, 1.807) is 10.9 Å². The minimum Gasteiger partial charge on any atom is -0.478 e. The van der Waals surface area contributed by atoms with Gasteiger partial charge in [-0.15, -0.1) is 0 Å². The van der Waals surface area contributed by atoms with Gasteiger partial charge in [-0.2, -0.15) is 5.10 Å². The van der Waals surface area contributed by atoms with E-state index in [0.717, 1.165) is 11.6 Å². The van der Waals surface area contributed by atoms with E-state index in [9.17, 15) is 9.18 Å². The van der Waals surface area contributed by atoms with Crippen LogP contribution in [0.25, 0.3) is 0 Å². The fourth-order valence-electron chi connectivity index (χ4n) is 1.61. The van der Waals surface area contributed by atoms with Gasteiger partial charge in [0.25, 0.3) is 0 Å². The maximum atomic E-state index is 13.7.